The van der Waals surface area contributed by atoms with Crippen LogP contribution in [-0.2, 0) is 0 Å². The molecular weight excluding hydrogens is 180 g/mol. The molecule has 0 aromatic carbocycles. The minimum atomic E-state index is 0.711. The van der Waals surface area contributed by atoms with Crippen LogP contribution < -0.4 is 0 Å². The lowest BCUT2D eigenvalue weighted by atomic mass is 9.59. The Bertz CT molecular complexity index is 230. The second-order valence-corrected chi connectivity index (χ2v) is 7.25. The lowest BCUT2D eigenvalue weighted by molar-refractivity contribution is 0.0514. The zero-order valence-electron chi connectivity index (χ0n) is 11.1. The third-order valence-electron chi connectivity index (χ3n) is 5.05. The van der Waals surface area contributed by atoms with E-state index in [9.17, 15) is 0 Å². The minimum absolute atomic E-state index is 0.711. The van der Waals surface area contributed by atoms with Gasteiger partial charge >= 0.3 is 0 Å². The van der Waals surface area contributed by atoms with Gasteiger partial charge in [-0.15, -0.1) is 0 Å². The molecule has 0 aliphatic heterocycles. The maximum atomic E-state index is 2.55. The summed E-state index contributed by atoms with van der Waals surface area (Å²) in [5.41, 5.74) is 1.43. The van der Waals surface area contributed by atoms with Gasteiger partial charge in [-0.3, -0.25) is 0 Å². The summed E-state index contributed by atoms with van der Waals surface area (Å²) in [7, 11) is 0. The zero-order chi connectivity index (χ0) is 11.1. The van der Waals surface area contributed by atoms with E-state index < -0.39 is 0 Å². The van der Waals surface area contributed by atoms with Crippen LogP contribution in [0.3, 0.4) is 0 Å². The molecule has 0 heterocycles. The van der Waals surface area contributed by atoms with Gasteiger partial charge in [-0.05, 0) is 61.2 Å². The highest BCUT2D eigenvalue weighted by Gasteiger charge is 2.48. The fourth-order valence-electron chi connectivity index (χ4n) is 4.81. The maximum Gasteiger partial charge on any atom is -0.0290 e. The molecular formula is C15H28. The van der Waals surface area contributed by atoms with Crippen molar-refractivity contribution >= 4 is 0 Å². The van der Waals surface area contributed by atoms with Gasteiger partial charge in [0.15, 0.2) is 0 Å². The van der Waals surface area contributed by atoms with Crippen molar-refractivity contribution in [3.8, 4) is 0 Å². The van der Waals surface area contributed by atoms with Gasteiger partial charge in [0, 0.05) is 0 Å². The molecule has 0 saturated heterocycles. The summed E-state index contributed by atoms with van der Waals surface area (Å²) in [4.78, 5) is 0. The summed E-state index contributed by atoms with van der Waals surface area (Å²) in [5, 5.41) is 0. The van der Waals surface area contributed by atoms with Gasteiger partial charge in [-0.2, -0.15) is 0 Å². The third-order valence-corrected chi connectivity index (χ3v) is 5.05. The second kappa shape index (κ2) is 3.79. The van der Waals surface area contributed by atoms with E-state index in [2.05, 4.69) is 27.7 Å². The van der Waals surface area contributed by atoms with Crippen LogP contribution in [0, 0.1) is 22.7 Å². The van der Waals surface area contributed by atoms with Crippen LogP contribution in [0.1, 0.15) is 72.6 Å². The van der Waals surface area contributed by atoms with Crippen molar-refractivity contribution in [2.45, 2.75) is 72.6 Å². The van der Waals surface area contributed by atoms with Crippen molar-refractivity contribution in [1.29, 1.82) is 0 Å². The molecule has 0 spiro atoms. The van der Waals surface area contributed by atoms with Crippen molar-refractivity contribution < 1.29 is 0 Å². The standard InChI is InChI=1S/C15H28/c1-5-15(8-12(2)3)10-13-6-7-14(4,9-13)11-15/h12-13H,5-11H2,1-4H3. The highest BCUT2D eigenvalue weighted by atomic mass is 14.5. The summed E-state index contributed by atoms with van der Waals surface area (Å²) in [5.74, 6) is 1.95. The van der Waals surface area contributed by atoms with E-state index in [4.69, 9.17) is 0 Å². The van der Waals surface area contributed by atoms with Crippen LogP contribution in [0.5, 0.6) is 0 Å². The Morgan fingerprint density at radius 2 is 2.00 bits per heavy atom. The average Bonchev–Trinajstić information content (AvgIpc) is 2.39. The van der Waals surface area contributed by atoms with Crippen molar-refractivity contribution in [2.24, 2.45) is 22.7 Å². The Morgan fingerprint density at radius 3 is 2.53 bits per heavy atom. The van der Waals surface area contributed by atoms with Crippen LogP contribution in [0.4, 0.5) is 0 Å². The molecule has 2 aliphatic rings. The molecule has 0 nitrogen and oxygen atoms in total. The Kier molecular flexibility index (Phi) is 2.90. The highest BCUT2D eigenvalue weighted by molar-refractivity contribution is 4.99. The van der Waals surface area contributed by atoms with Crippen LogP contribution in [0.2, 0.25) is 0 Å². The van der Waals surface area contributed by atoms with Gasteiger partial charge in [-0.25, -0.2) is 0 Å². The van der Waals surface area contributed by atoms with Gasteiger partial charge < -0.3 is 0 Å². The first kappa shape index (κ1) is 11.5. The van der Waals surface area contributed by atoms with E-state index in [-0.39, 0.29) is 0 Å². The molecule has 2 saturated carbocycles. The van der Waals surface area contributed by atoms with Gasteiger partial charge in [0.2, 0.25) is 0 Å². The quantitative estimate of drug-likeness (QED) is 0.610. The molecule has 0 radical (unpaired) electrons. The molecule has 2 aliphatic carbocycles. The van der Waals surface area contributed by atoms with E-state index >= 15 is 0 Å². The highest BCUT2D eigenvalue weighted by Crippen LogP contribution is 2.60. The smallest absolute Gasteiger partial charge is 0.0290 e. The van der Waals surface area contributed by atoms with Crippen molar-refractivity contribution in [3.05, 3.63) is 0 Å². The van der Waals surface area contributed by atoms with Crippen LogP contribution in [-0.4, -0.2) is 0 Å². The molecule has 0 amide bonds. The molecule has 3 atom stereocenters. The van der Waals surface area contributed by atoms with Crippen molar-refractivity contribution in [2.75, 3.05) is 0 Å². The monoisotopic (exact) mass is 208 g/mol. The zero-order valence-corrected chi connectivity index (χ0v) is 11.1. The molecule has 0 aromatic heterocycles. The van der Waals surface area contributed by atoms with Gasteiger partial charge in [0.25, 0.3) is 0 Å². The maximum absolute atomic E-state index is 2.55. The predicted molar refractivity (Wildman–Crippen MR) is 66.9 cm³/mol. The second-order valence-electron chi connectivity index (χ2n) is 7.25. The van der Waals surface area contributed by atoms with Gasteiger partial charge in [0.1, 0.15) is 0 Å². The normalized spacial score (nSPS) is 45.0. The Balaban J connectivity index is 2.13. The first-order valence-electron chi connectivity index (χ1n) is 6.97. The largest absolute Gasteiger partial charge is 0.0649 e. The first-order valence-corrected chi connectivity index (χ1v) is 6.97. The number of fused-ring (bicyclic) bond motifs is 2. The van der Waals surface area contributed by atoms with E-state index in [0.717, 1.165) is 11.8 Å². The Morgan fingerprint density at radius 1 is 1.27 bits per heavy atom. The lowest BCUT2D eigenvalue weighted by Crippen LogP contribution is -2.34. The van der Waals surface area contributed by atoms with Gasteiger partial charge in [0.05, 0.1) is 0 Å². The molecule has 15 heavy (non-hydrogen) atoms. The fourth-order valence-corrected chi connectivity index (χ4v) is 4.81. The first-order chi connectivity index (χ1) is 6.97. The van der Waals surface area contributed by atoms with Crippen LogP contribution >= 0.6 is 0 Å². The fraction of sp³-hybridized carbons (Fsp3) is 1.00. The topological polar surface area (TPSA) is 0 Å². The molecule has 0 N–H and O–H groups in total. The number of rotatable bonds is 3. The summed E-state index contributed by atoms with van der Waals surface area (Å²) in [6.45, 7) is 9.78. The average molecular weight is 208 g/mol. The number of hydrogen-bond acceptors (Lipinski definition) is 0. The SMILES string of the molecule is CCC1(CC(C)C)CC2CCC(C)(C2)C1. The predicted octanol–water partition coefficient (Wildman–Crippen LogP) is 5.03. The molecule has 2 rings (SSSR count). The molecule has 0 heteroatoms. The summed E-state index contributed by atoms with van der Waals surface area (Å²) in [6, 6.07) is 0. The van der Waals surface area contributed by atoms with Crippen molar-refractivity contribution in [1.82, 2.24) is 0 Å². The summed E-state index contributed by atoms with van der Waals surface area (Å²) < 4.78 is 0. The summed E-state index contributed by atoms with van der Waals surface area (Å²) >= 11 is 0. The molecule has 3 unspecified atom stereocenters. The lowest BCUT2D eigenvalue weighted by Gasteiger charge is -2.46. The number of hydrogen-bond donors (Lipinski definition) is 0. The van der Waals surface area contributed by atoms with Crippen molar-refractivity contribution in [3.63, 3.8) is 0 Å². The van der Waals surface area contributed by atoms with Gasteiger partial charge in [-0.1, -0.05) is 34.1 Å². The summed E-state index contributed by atoms with van der Waals surface area (Å²) in [6.07, 6.45) is 10.5. The molecule has 88 valence electrons. The Hall–Kier alpha value is 0. The Labute approximate surface area is 95.8 Å². The van der Waals surface area contributed by atoms with E-state index in [0.29, 0.717) is 10.8 Å². The third kappa shape index (κ3) is 2.24. The van der Waals surface area contributed by atoms with Crippen LogP contribution in [0.15, 0.2) is 0 Å². The van der Waals surface area contributed by atoms with Crippen LogP contribution in [0.25, 0.3) is 0 Å². The molecule has 2 bridgehead atoms. The molecule has 2 fully saturated rings. The van der Waals surface area contributed by atoms with E-state index in [1.807, 2.05) is 0 Å². The minimum Gasteiger partial charge on any atom is -0.0649 e. The van der Waals surface area contributed by atoms with E-state index in [1.54, 1.807) is 0 Å². The van der Waals surface area contributed by atoms with E-state index in [1.165, 1.54) is 44.9 Å². The molecule has 0 aromatic rings.